The second-order valence-electron chi connectivity index (χ2n) is 5.55. The maximum Gasteiger partial charge on any atom is 0.243 e. The molecule has 4 nitrogen and oxygen atoms in total. The molecule has 0 aliphatic carbocycles. The van der Waals surface area contributed by atoms with Crippen LogP contribution in [0.25, 0.3) is 0 Å². The minimum absolute atomic E-state index is 0.298. The average molecular weight is 333 g/mol. The van der Waals surface area contributed by atoms with Crippen molar-refractivity contribution in [3.63, 3.8) is 0 Å². The first-order valence-corrected chi connectivity index (χ1v) is 9.00. The van der Waals surface area contributed by atoms with Crippen molar-refractivity contribution in [1.29, 1.82) is 0 Å². The number of nitrogens with one attached hydrogen (secondary N) is 1. The van der Waals surface area contributed by atoms with Crippen LogP contribution in [0.3, 0.4) is 0 Å². The Hall–Kier alpha value is -0.620. The first-order chi connectivity index (χ1) is 9.70. The van der Waals surface area contributed by atoms with Crippen molar-refractivity contribution in [3.8, 4) is 0 Å². The largest absolute Gasteiger partial charge is 0.310 e. The van der Waals surface area contributed by atoms with Crippen LogP contribution in [0.5, 0.6) is 0 Å². The van der Waals surface area contributed by atoms with E-state index >= 15 is 0 Å². The third-order valence-electron chi connectivity index (χ3n) is 3.36. The van der Waals surface area contributed by atoms with Crippen LogP contribution in [-0.2, 0) is 16.6 Å². The molecule has 0 bridgehead atoms. The Balaban J connectivity index is 3.24. The summed E-state index contributed by atoms with van der Waals surface area (Å²) < 4.78 is 26.6. The zero-order valence-corrected chi connectivity index (χ0v) is 15.0. The molecule has 1 aromatic rings. The van der Waals surface area contributed by atoms with Crippen molar-refractivity contribution in [2.24, 2.45) is 0 Å². The van der Waals surface area contributed by atoms with Gasteiger partial charge >= 0.3 is 0 Å². The Kier molecular flexibility index (Phi) is 6.66. The number of halogens is 1. The molecule has 1 N–H and O–H groups in total. The lowest BCUT2D eigenvalue weighted by molar-refractivity contribution is 0.468. The van der Waals surface area contributed by atoms with Gasteiger partial charge in [-0.05, 0) is 36.6 Å². The van der Waals surface area contributed by atoms with Gasteiger partial charge in [0.25, 0.3) is 0 Å². The number of rotatable bonds is 7. The highest BCUT2D eigenvalue weighted by Crippen LogP contribution is 2.26. The Morgan fingerprint density at radius 2 is 1.95 bits per heavy atom. The normalized spacial score (nSPS) is 12.4. The molecular weight excluding hydrogens is 308 g/mol. The smallest absolute Gasteiger partial charge is 0.243 e. The molecule has 0 fully saturated rings. The molecular formula is C15H25ClN2O2S. The molecule has 0 unspecified atom stereocenters. The summed E-state index contributed by atoms with van der Waals surface area (Å²) in [6.07, 6.45) is 0.775. The van der Waals surface area contributed by atoms with Gasteiger partial charge in [0.1, 0.15) is 0 Å². The van der Waals surface area contributed by atoms with E-state index < -0.39 is 10.0 Å². The highest BCUT2D eigenvalue weighted by molar-refractivity contribution is 7.89. The Labute approximate surface area is 133 Å². The van der Waals surface area contributed by atoms with Gasteiger partial charge in [-0.25, -0.2) is 12.7 Å². The molecule has 6 heteroatoms. The van der Waals surface area contributed by atoms with E-state index in [0.717, 1.165) is 17.5 Å². The minimum Gasteiger partial charge on any atom is -0.310 e. The summed E-state index contributed by atoms with van der Waals surface area (Å²) in [5.74, 6) is 0. The van der Waals surface area contributed by atoms with E-state index in [1.54, 1.807) is 7.05 Å². The summed E-state index contributed by atoms with van der Waals surface area (Å²) in [5, 5.41) is 3.74. The van der Waals surface area contributed by atoms with Crippen molar-refractivity contribution in [2.45, 2.75) is 51.6 Å². The summed E-state index contributed by atoms with van der Waals surface area (Å²) in [6, 6.07) is 3.69. The summed E-state index contributed by atoms with van der Waals surface area (Å²) in [6.45, 7) is 8.98. The molecule has 0 atom stereocenters. The quantitative estimate of drug-likeness (QED) is 0.834. The molecule has 120 valence electrons. The predicted molar refractivity (Wildman–Crippen MR) is 88.3 cm³/mol. The lowest BCUT2D eigenvalue weighted by atomic mass is 10.1. The molecule has 0 amide bonds. The molecule has 21 heavy (non-hydrogen) atoms. The van der Waals surface area contributed by atoms with Crippen LogP contribution in [0.4, 0.5) is 0 Å². The minimum atomic E-state index is -3.49. The highest BCUT2D eigenvalue weighted by atomic mass is 35.5. The van der Waals surface area contributed by atoms with Crippen molar-refractivity contribution in [3.05, 3.63) is 28.3 Å². The lowest BCUT2D eigenvalue weighted by Crippen LogP contribution is -2.29. The van der Waals surface area contributed by atoms with Crippen molar-refractivity contribution >= 4 is 21.6 Å². The van der Waals surface area contributed by atoms with Gasteiger partial charge in [0.05, 0.1) is 4.90 Å². The summed E-state index contributed by atoms with van der Waals surface area (Å²) in [4.78, 5) is 0.298. The molecule has 1 aromatic carbocycles. The lowest BCUT2D eigenvalue weighted by Gasteiger charge is -2.20. The molecule has 0 radical (unpaired) electrons. The fourth-order valence-corrected chi connectivity index (χ4v) is 3.93. The summed E-state index contributed by atoms with van der Waals surface area (Å²) >= 11 is 6.11. The first-order valence-electron chi connectivity index (χ1n) is 7.18. The van der Waals surface area contributed by atoms with Gasteiger partial charge in [-0.3, -0.25) is 0 Å². The van der Waals surface area contributed by atoms with Gasteiger partial charge in [-0.1, -0.05) is 32.4 Å². The fourth-order valence-electron chi connectivity index (χ4n) is 2.08. The number of hydrogen-bond donors (Lipinski definition) is 1. The van der Waals surface area contributed by atoms with Crippen LogP contribution in [0.15, 0.2) is 17.0 Å². The second kappa shape index (κ2) is 7.58. The van der Waals surface area contributed by atoms with Crippen LogP contribution >= 0.6 is 11.6 Å². The number of benzene rings is 1. The van der Waals surface area contributed by atoms with Crippen LogP contribution in [0, 0.1) is 6.92 Å². The van der Waals surface area contributed by atoms with Gasteiger partial charge in [-0.2, -0.15) is 0 Å². The zero-order chi connectivity index (χ0) is 16.2. The molecule has 0 aromatic heterocycles. The average Bonchev–Trinajstić information content (AvgIpc) is 2.39. The Bertz CT molecular complexity index is 586. The van der Waals surface area contributed by atoms with Crippen molar-refractivity contribution in [1.82, 2.24) is 9.62 Å². The van der Waals surface area contributed by atoms with E-state index in [0.29, 0.717) is 29.0 Å². The second-order valence-corrected chi connectivity index (χ2v) is 8.00. The van der Waals surface area contributed by atoms with Gasteiger partial charge in [-0.15, -0.1) is 0 Å². The molecule has 0 heterocycles. The Morgan fingerprint density at radius 3 is 2.48 bits per heavy atom. The molecule has 0 aliphatic heterocycles. The van der Waals surface area contributed by atoms with Crippen LogP contribution in [0.2, 0.25) is 5.02 Å². The third kappa shape index (κ3) is 4.68. The molecule has 1 rings (SSSR count). The third-order valence-corrected chi connectivity index (χ3v) is 5.56. The van der Waals surface area contributed by atoms with E-state index in [-0.39, 0.29) is 0 Å². The van der Waals surface area contributed by atoms with Crippen molar-refractivity contribution in [2.75, 3.05) is 13.6 Å². The number of hydrogen-bond acceptors (Lipinski definition) is 3. The fraction of sp³-hybridized carbons (Fsp3) is 0.600. The van der Waals surface area contributed by atoms with Gasteiger partial charge < -0.3 is 5.32 Å². The van der Waals surface area contributed by atoms with Gasteiger partial charge in [0.2, 0.25) is 10.0 Å². The predicted octanol–water partition coefficient (Wildman–Crippen LogP) is 3.18. The molecule has 0 saturated heterocycles. The number of nitrogens with zero attached hydrogens (tertiary/aromatic N) is 1. The highest BCUT2D eigenvalue weighted by Gasteiger charge is 2.24. The number of sulfonamides is 1. The van der Waals surface area contributed by atoms with Gasteiger partial charge in [0, 0.05) is 31.2 Å². The van der Waals surface area contributed by atoms with E-state index in [2.05, 4.69) is 5.32 Å². The molecule has 0 aliphatic rings. The van der Waals surface area contributed by atoms with Gasteiger partial charge in [0.15, 0.2) is 0 Å². The van der Waals surface area contributed by atoms with Crippen LogP contribution < -0.4 is 5.32 Å². The monoisotopic (exact) mass is 332 g/mol. The van der Waals surface area contributed by atoms with Crippen LogP contribution in [-0.4, -0.2) is 32.4 Å². The standard InChI is InChI=1S/C15H25ClN2O2S/c1-6-7-18(5)21(19,20)15-9-14(16)8-13(12(15)4)10-17-11(2)3/h8-9,11,17H,6-7,10H2,1-5H3. The maximum absolute atomic E-state index is 12.6. The summed E-state index contributed by atoms with van der Waals surface area (Å²) in [5.41, 5.74) is 1.68. The maximum atomic E-state index is 12.6. The Morgan fingerprint density at radius 1 is 1.33 bits per heavy atom. The SMILES string of the molecule is CCCN(C)S(=O)(=O)c1cc(Cl)cc(CNC(C)C)c1C. The van der Waals surface area contributed by atoms with Crippen LogP contribution in [0.1, 0.15) is 38.3 Å². The van der Waals surface area contributed by atoms with E-state index in [4.69, 9.17) is 11.6 Å². The molecule has 0 saturated carbocycles. The van der Waals surface area contributed by atoms with E-state index in [9.17, 15) is 8.42 Å². The van der Waals surface area contributed by atoms with Crippen molar-refractivity contribution < 1.29 is 8.42 Å². The van der Waals surface area contributed by atoms with E-state index in [1.807, 2.05) is 33.8 Å². The summed E-state index contributed by atoms with van der Waals surface area (Å²) in [7, 11) is -1.89. The topological polar surface area (TPSA) is 49.4 Å². The zero-order valence-electron chi connectivity index (χ0n) is 13.4. The molecule has 0 spiro atoms. The first kappa shape index (κ1) is 18.4. The van der Waals surface area contributed by atoms with E-state index in [1.165, 1.54) is 10.4 Å².